The van der Waals surface area contributed by atoms with Crippen molar-refractivity contribution in [1.29, 1.82) is 0 Å². The molecular weight excluding hydrogens is 797 g/mol. The SMILES string of the molecule is CC(=O)c1ccc(Oc2cccc(Oc3ccc(C(=O)c4ccc(-c5ccc(C)cc5C(=O)c5ccc(-n6cnc(S(=O)(=O)O)c6)c(S(=O)(=O)O)c5)cc4)cc3)c2)cc1. The summed E-state index contributed by atoms with van der Waals surface area (Å²) in [6, 6.07) is 35.8. The van der Waals surface area contributed by atoms with Crippen molar-refractivity contribution in [1.82, 2.24) is 9.55 Å². The zero-order valence-corrected chi connectivity index (χ0v) is 32.8. The average molecular weight is 829 g/mol. The van der Waals surface area contributed by atoms with Crippen LogP contribution in [0.5, 0.6) is 23.0 Å². The van der Waals surface area contributed by atoms with Gasteiger partial charge in [0.05, 0.1) is 11.9 Å². The summed E-state index contributed by atoms with van der Waals surface area (Å²) < 4.78 is 80.2. The Kier molecular flexibility index (Phi) is 10.9. The first-order chi connectivity index (χ1) is 28.0. The molecule has 0 bridgehead atoms. The molecule has 0 aliphatic rings. The molecule has 6 aromatic carbocycles. The molecule has 0 aliphatic heterocycles. The summed E-state index contributed by atoms with van der Waals surface area (Å²) >= 11 is 0. The van der Waals surface area contributed by atoms with Crippen LogP contribution in [0.1, 0.15) is 54.7 Å². The Morgan fingerprint density at radius 3 is 1.69 bits per heavy atom. The smallest absolute Gasteiger partial charge is 0.313 e. The van der Waals surface area contributed by atoms with Gasteiger partial charge in [0.15, 0.2) is 17.3 Å². The lowest BCUT2D eigenvalue weighted by molar-refractivity contribution is 0.101. The Labute approximate surface area is 338 Å². The van der Waals surface area contributed by atoms with Crippen molar-refractivity contribution in [3.63, 3.8) is 0 Å². The van der Waals surface area contributed by atoms with Crippen molar-refractivity contribution < 1.29 is 49.8 Å². The van der Waals surface area contributed by atoms with E-state index in [0.717, 1.165) is 28.7 Å². The van der Waals surface area contributed by atoms with Gasteiger partial charge in [-0.3, -0.25) is 23.5 Å². The molecule has 0 radical (unpaired) electrons. The third kappa shape index (κ3) is 9.08. The summed E-state index contributed by atoms with van der Waals surface area (Å²) in [6.07, 6.45) is 1.79. The van der Waals surface area contributed by atoms with Crippen LogP contribution in [0.2, 0.25) is 0 Å². The second-order valence-corrected chi connectivity index (χ2v) is 16.1. The lowest BCUT2D eigenvalue weighted by Crippen LogP contribution is -2.10. The van der Waals surface area contributed by atoms with E-state index in [1.165, 1.54) is 19.1 Å². The van der Waals surface area contributed by atoms with Crippen molar-refractivity contribution in [2.45, 2.75) is 23.8 Å². The van der Waals surface area contributed by atoms with E-state index in [2.05, 4.69) is 4.98 Å². The van der Waals surface area contributed by atoms with Crippen LogP contribution >= 0.6 is 0 Å². The number of aromatic nitrogens is 2. The van der Waals surface area contributed by atoms with Crippen LogP contribution in [-0.4, -0.2) is 52.8 Å². The molecule has 0 unspecified atom stereocenters. The summed E-state index contributed by atoms with van der Waals surface area (Å²) in [5.41, 5.74) is 3.09. The molecule has 1 aromatic heterocycles. The van der Waals surface area contributed by atoms with Crippen molar-refractivity contribution in [2.75, 3.05) is 0 Å². The van der Waals surface area contributed by atoms with E-state index in [-0.39, 0.29) is 28.4 Å². The Hall–Kier alpha value is -7.04. The fourth-order valence-corrected chi connectivity index (χ4v) is 7.31. The van der Waals surface area contributed by atoms with Gasteiger partial charge in [-0.05, 0) is 110 Å². The Morgan fingerprint density at radius 2 is 1.15 bits per heavy atom. The van der Waals surface area contributed by atoms with Gasteiger partial charge >= 0.3 is 10.1 Å². The number of Topliss-reactive ketones (excluding diaryl/α,β-unsaturated/α-hetero) is 1. The first kappa shape index (κ1) is 40.2. The summed E-state index contributed by atoms with van der Waals surface area (Å²) in [4.78, 5) is 41.9. The molecule has 1 heterocycles. The van der Waals surface area contributed by atoms with Crippen molar-refractivity contribution in [2.24, 2.45) is 0 Å². The summed E-state index contributed by atoms with van der Waals surface area (Å²) in [7, 11) is -9.65. The topological polar surface area (TPSA) is 196 Å². The third-order valence-corrected chi connectivity index (χ3v) is 10.8. The zero-order valence-electron chi connectivity index (χ0n) is 31.1. The maximum Gasteiger partial charge on any atom is 0.313 e. The van der Waals surface area contributed by atoms with Crippen LogP contribution in [0.15, 0.2) is 156 Å². The van der Waals surface area contributed by atoms with E-state index < -0.39 is 35.9 Å². The highest BCUT2D eigenvalue weighted by Gasteiger charge is 2.24. The van der Waals surface area contributed by atoms with Gasteiger partial charge in [-0.1, -0.05) is 48.0 Å². The third-order valence-electron chi connectivity index (χ3n) is 9.13. The molecule has 7 rings (SSSR count). The van der Waals surface area contributed by atoms with Crippen LogP contribution in [0.25, 0.3) is 16.8 Å². The predicted octanol–water partition coefficient (Wildman–Crippen LogP) is 8.59. The fraction of sp³-hybridized carbons (Fsp3) is 0.0455. The summed E-state index contributed by atoms with van der Waals surface area (Å²) in [5, 5.41) is -0.749. The number of aryl methyl sites for hydroxylation is 1. The number of carbonyl (C=O) groups is 3. The standard InChI is InChI=1S/C44H32N2O11S2/c1-27-6-20-38(39(22-27)44(49)33-15-21-40(41(23-33)58(50,51)52)46-25-42(45-26-46)59(53,54)55)30-7-9-31(10-8-30)43(48)32-13-18-35(19-14-32)57-37-5-3-4-36(24-37)56-34-16-11-29(12-17-34)28(2)47/h3-26H,1-2H3,(H,50,51,52)(H,53,54,55). The maximum atomic E-state index is 14.0. The van der Waals surface area contributed by atoms with Crippen molar-refractivity contribution in [3.05, 3.63) is 179 Å². The van der Waals surface area contributed by atoms with Crippen LogP contribution < -0.4 is 9.47 Å². The largest absolute Gasteiger partial charge is 0.457 e. The molecule has 0 spiro atoms. The minimum absolute atomic E-state index is 0.0383. The zero-order chi connectivity index (χ0) is 42.1. The number of benzene rings is 6. The molecule has 0 amide bonds. The lowest BCUT2D eigenvalue weighted by Gasteiger charge is -2.13. The lowest BCUT2D eigenvalue weighted by atomic mass is 9.91. The molecular formula is C44H32N2O11S2. The molecule has 0 aliphatic carbocycles. The first-order valence-electron chi connectivity index (χ1n) is 17.6. The minimum atomic E-state index is -4.95. The minimum Gasteiger partial charge on any atom is -0.457 e. The molecule has 0 saturated carbocycles. The predicted molar refractivity (Wildman–Crippen MR) is 216 cm³/mol. The second-order valence-electron chi connectivity index (χ2n) is 13.3. The molecule has 7 aromatic rings. The highest BCUT2D eigenvalue weighted by Crippen LogP contribution is 2.32. The number of carbonyl (C=O) groups excluding carboxylic acids is 3. The molecule has 2 N–H and O–H groups in total. The highest BCUT2D eigenvalue weighted by molar-refractivity contribution is 7.86. The molecule has 0 saturated heterocycles. The molecule has 0 fully saturated rings. The van der Waals surface area contributed by atoms with E-state index in [9.17, 15) is 40.3 Å². The van der Waals surface area contributed by atoms with Gasteiger partial charge in [-0.2, -0.15) is 16.8 Å². The van der Waals surface area contributed by atoms with E-state index in [1.54, 1.807) is 122 Å². The molecule has 296 valence electrons. The van der Waals surface area contributed by atoms with E-state index in [4.69, 9.17) is 9.47 Å². The van der Waals surface area contributed by atoms with Gasteiger partial charge in [0.2, 0.25) is 5.03 Å². The van der Waals surface area contributed by atoms with Gasteiger partial charge < -0.3 is 14.0 Å². The second kappa shape index (κ2) is 16.1. The van der Waals surface area contributed by atoms with Gasteiger partial charge in [-0.15, -0.1) is 0 Å². The summed E-state index contributed by atoms with van der Waals surface area (Å²) in [5.74, 6) is 1.22. The van der Waals surface area contributed by atoms with Gasteiger partial charge in [0.25, 0.3) is 10.1 Å². The number of ketones is 3. The van der Waals surface area contributed by atoms with E-state index in [0.29, 0.717) is 50.8 Å². The van der Waals surface area contributed by atoms with Crippen LogP contribution in [-0.2, 0) is 20.2 Å². The maximum absolute atomic E-state index is 14.0. The molecule has 59 heavy (non-hydrogen) atoms. The quantitative estimate of drug-likeness (QED) is 0.0831. The number of nitrogens with zero attached hydrogens (tertiary/aromatic N) is 2. The number of ether oxygens (including phenoxy) is 2. The Bertz CT molecular complexity index is 2990. The molecule has 0 atom stereocenters. The number of rotatable bonds is 13. The molecule has 13 nitrogen and oxygen atoms in total. The van der Waals surface area contributed by atoms with Crippen molar-refractivity contribution >= 4 is 37.6 Å². The monoisotopic (exact) mass is 828 g/mol. The number of imidazole rings is 1. The fourth-order valence-electron chi connectivity index (χ4n) is 6.17. The first-order valence-corrected chi connectivity index (χ1v) is 20.5. The average Bonchev–Trinajstić information content (AvgIpc) is 3.72. The highest BCUT2D eigenvalue weighted by atomic mass is 32.2. The van der Waals surface area contributed by atoms with Crippen molar-refractivity contribution in [3.8, 4) is 39.8 Å². The summed E-state index contributed by atoms with van der Waals surface area (Å²) in [6.45, 7) is 3.27. The Balaban J connectivity index is 1.07. The van der Waals surface area contributed by atoms with Gasteiger partial charge in [0, 0.05) is 33.9 Å². The number of hydrogen-bond donors (Lipinski definition) is 2. The normalized spacial score (nSPS) is 11.5. The van der Waals surface area contributed by atoms with Gasteiger partial charge in [0.1, 0.15) is 34.2 Å². The Morgan fingerprint density at radius 1 is 0.593 bits per heavy atom. The van der Waals surface area contributed by atoms with Crippen LogP contribution in [0.4, 0.5) is 0 Å². The molecule has 15 heteroatoms. The van der Waals surface area contributed by atoms with Crippen LogP contribution in [0, 0.1) is 6.92 Å². The van der Waals surface area contributed by atoms with Gasteiger partial charge in [-0.25, -0.2) is 4.98 Å². The van der Waals surface area contributed by atoms with E-state index >= 15 is 0 Å². The number of hydrogen-bond acceptors (Lipinski definition) is 10. The van der Waals surface area contributed by atoms with E-state index in [1.807, 2.05) is 0 Å². The van der Waals surface area contributed by atoms with Crippen LogP contribution in [0.3, 0.4) is 0 Å².